The number of nitrogens with zero attached hydrogens (tertiary/aromatic N) is 1. The maximum atomic E-state index is 11.1. The molecule has 0 radical (unpaired) electrons. The molecule has 5 heteroatoms. The monoisotopic (exact) mass is 503 g/mol. The molecule has 0 spiro atoms. The van der Waals surface area contributed by atoms with Gasteiger partial charge in [0.2, 0.25) is 0 Å². The Hall–Kier alpha value is -1.41. The second kappa shape index (κ2) is 13.0. The molecule has 1 N–H and O–H groups in total. The Labute approximate surface area is 192 Å². The van der Waals surface area contributed by atoms with E-state index in [1.54, 1.807) is 0 Å². The Balaban J connectivity index is 0.000000941. The summed E-state index contributed by atoms with van der Waals surface area (Å²) in [6.45, 7) is 4.29. The molecule has 0 heterocycles. The predicted molar refractivity (Wildman–Crippen MR) is 123 cm³/mol. The van der Waals surface area contributed by atoms with Crippen LogP contribution in [0.4, 0.5) is 0 Å². The zero-order chi connectivity index (χ0) is 21.1. The third kappa shape index (κ3) is 6.81. The van der Waals surface area contributed by atoms with E-state index < -0.39 is 20.8 Å². The normalized spacial score (nSPS) is 10.7. The van der Waals surface area contributed by atoms with Crippen LogP contribution in [-0.4, -0.2) is 17.4 Å². The van der Waals surface area contributed by atoms with Gasteiger partial charge in [0.1, 0.15) is 5.75 Å². The van der Waals surface area contributed by atoms with Gasteiger partial charge in [0.25, 0.3) is 0 Å². The summed E-state index contributed by atoms with van der Waals surface area (Å²) in [5, 5.41) is 11.1. The molecule has 0 aliphatic carbocycles. The maximum absolute atomic E-state index is 11.1. The van der Waals surface area contributed by atoms with Crippen molar-refractivity contribution in [1.29, 1.82) is 0 Å². The first-order valence-electron chi connectivity index (χ1n) is 9.62. The molecule has 0 bridgehead atoms. The number of phenolic OH excluding ortho intramolecular Hbond substituents is 1. The third-order valence-corrected chi connectivity index (χ3v) is 4.74. The molecule has 0 amide bonds. The van der Waals surface area contributed by atoms with Gasteiger partial charge >= 0.3 is 37.9 Å². The van der Waals surface area contributed by atoms with E-state index in [4.69, 9.17) is 22.0 Å². The molecule has 150 valence electrons. The molecule has 0 aliphatic rings. The van der Waals surface area contributed by atoms with E-state index in [1.807, 2.05) is 60.8 Å². The van der Waals surface area contributed by atoms with Crippen LogP contribution in [0.15, 0.2) is 77.8 Å². The summed E-state index contributed by atoms with van der Waals surface area (Å²) in [5.74, 6) is 0.284. The van der Waals surface area contributed by atoms with Crippen LogP contribution in [0, 0.1) is 0 Å². The summed E-state index contributed by atoms with van der Waals surface area (Å²) in [4.78, 5) is 4.73. The van der Waals surface area contributed by atoms with E-state index in [0.29, 0.717) is 0 Å². The zero-order valence-electron chi connectivity index (χ0n) is 16.6. The number of hydrogen-bond acceptors (Lipinski definition) is 2. The third-order valence-electron chi connectivity index (χ3n) is 4.74. The van der Waals surface area contributed by atoms with Gasteiger partial charge in [-0.1, -0.05) is 80.6 Å². The van der Waals surface area contributed by atoms with Crippen molar-refractivity contribution in [3.8, 4) is 28.0 Å². The molecule has 0 saturated heterocycles. The van der Waals surface area contributed by atoms with E-state index >= 15 is 0 Å². The topological polar surface area (TPSA) is 32.6 Å². The summed E-state index contributed by atoms with van der Waals surface area (Å²) >= 11 is -0.826. The number of phenols is 1. The second-order valence-corrected chi connectivity index (χ2v) is 10.2. The van der Waals surface area contributed by atoms with Crippen molar-refractivity contribution in [3.63, 3.8) is 0 Å². The number of aliphatic imine (C=N–C) groups is 1. The van der Waals surface area contributed by atoms with Crippen molar-refractivity contribution < 1.29 is 26.0 Å². The first-order chi connectivity index (χ1) is 14.2. The van der Waals surface area contributed by atoms with E-state index in [1.165, 1.54) is 0 Å². The van der Waals surface area contributed by atoms with Crippen molar-refractivity contribution in [2.75, 3.05) is 0 Å². The summed E-state index contributed by atoms with van der Waals surface area (Å²) in [7, 11) is 9.87. The predicted octanol–water partition coefficient (Wildman–Crippen LogP) is 7.71. The SMILES string of the molecule is CCC(CC)N=Cc1c(-c2ccccc2)ccc(-c2ccccc2)c1O.[Cl][Zr][Cl]. The molecule has 0 fully saturated rings. The van der Waals surface area contributed by atoms with E-state index in [2.05, 4.69) is 32.0 Å². The van der Waals surface area contributed by atoms with Gasteiger partial charge in [0.05, 0.1) is 0 Å². The molecule has 0 atom stereocenters. The van der Waals surface area contributed by atoms with Crippen molar-refractivity contribution in [2.45, 2.75) is 32.7 Å². The van der Waals surface area contributed by atoms with Gasteiger partial charge in [-0.15, -0.1) is 0 Å². The van der Waals surface area contributed by atoms with Crippen LogP contribution in [0.25, 0.3) is 22.3 Å². The second-order valence-electron chi connectivity index (χ2n) is 6.47. The summed E-state index contributed by atoms with van der Waals surface area (Å²) in [6, 6.07) is 24.5. The van der Waals surface area contributed by atoms with Gasteiger partial charge < -0.3 is 5.11 Å². The number of benzene rings is 3. The fourth-order valence-electron chi connectivity index (χ4n) is 3.14. The average molecular weight is 506 g/mol. The van der Waals surface area contributed by atoms with E-state index in [0.717, 1.165) is 40.7 Å². The van der Waals surface area contributed by atoms with Crippen LogP contribution in [0.1, 0.15) is 32.3 Å². The number of aromatic hydroxyl groups is 1. The Morgan fingerprint density at radius 3 is 1.76 bits per heavy atom. The van der Waals surface area contributed by atoms with E-state index in [9.17, 15) is 5.11 Å². The molecule has 0 saturated carbocycles. The quantitative estimate of drug-likeness (QED) is 0.342. The van der Waals surface area contributed by atoms with Gasteiger partial charge in [-0.2, -0.15) is 0 Å². The van der Waals surface area contributed by atoms with Crippen LogP contribution in [0.2, 0.25) is 0 Å². The molecular weight excluding hydrogens is 480 g/mol. The summed E-state index contributed by atoms with van der Waals surface area (Å²) in [6.07, 6.45) is 3.83. The fourth-order valence-corrected chi connectivity index (χ4v) is 3.14. The minimum absolute atomic E-state index is 0.276. The molecule has 3 aromatic rings. The van der Waals surface area contributed by atoms with Gasteiger partial charge in [-0.05, 0) is 35.6 Å². The van der Waals surface area contributed by atoms with E-state index in [-0.39, 0.29) is 11.8 Å². The average Bonchev–Trinajstić information content (AvgIpc) is 2.77. The van der Waals surface area contributed by atoms with Crippen molar-refractivity contribution in [3.05, 3.63) is 78.4 Å². The van der Waals surface area contributed by atoms with Gasteiger partial charge in [-0.25, -0.2) is 0 Å². The minimum atomic E-state index is -0.826. The standard InChI is InChI=1S/C24H25NO.2ClH.Zr/c1-3-20(4-2)25-17-23-21(18-11-7-5-8-12-18)15-16-22(24(23)26)19-13-9-6-10-14-19;;;/h5-17,20,26H,3-4H2,1-2H3;2*1H;/q;;;+2/p-2. The van der Waals surface area contributed by atoms with Crippen LogP contribution < -0.4 is 0 Å². The molecular formula is C24H25Cl2NOZr. The first-order valence-corrected chi connectivity index (χ1v) is 15.9. The summed E-state index contributed by atoms with van der Waals surface area (Å²) < 4.78 is 0. The van der Waals surface area contributed by atoms with Gasteiger partial charge in [0, 0.05) is 23.4 Å². The molecule has 0 aromatic heterocycles. The number of hydrogen-bond donors (Lipinski definition) is 1. The molecule has 0 aliphatic heterocycles. The van der Waals surface area contributed by atoms with Crippen LogP contribution in [0.3, 0.4) is 0 Å². The Kier molecular flexibility index (Phi) is 10.7. The van der Waals surface area contributed by atoms with Crippen LogP contribution >= 0.6 is 17.0 Å². The Morgan fingerprint density at radius 2 is 1.28 bits per heavy atom. The summed E-state index contributed by atoms with van der Waals surface area (Å²) in [5.41, 5.74) is 4.69. The number of halogens is 2. The van der Waals surface area contributed by atoms with Crippen molar-refractivity contribution in [1.82, 2.24) is 0 Å². The molecule has 3 aromatic carbocycles. The first kappa shape index (κ1) is 23.9. The Morgan fingerprint density at radius 1 is 0.828 bits per heavy atom. The van der Waals surface area contributed by atoms with Gasteiger partial charge in [-0.3, -0.25) is 4.99 Å². The molecule has 0 unspecified atom stereocenters. The molecule has 2 nitrogen and oxygen atoms in total. The molecule has 3 rings (SSSR count). The van der Waals surface area contributed by atoms with Crippen molar-refractivity contribution in [2.24, 2.45) is 4.99 Å². The zero-order valence-corrected chi connectivity index (χ0v) is 20.6. The Bertz CT molecular complexity index is 898. The van der Waals surface area contributed by atoms with Crippen LogP contribution in [0.5, 0.6) is 5.75 Å². The fraction of sp³-hybridized carbons (Fsp3) is 0.208. The van der Waals surface area contributed by atoms with Gasteiger partial charge in [0.15, 0.2) is 0 Å². The molecule has 29 heavy (non-hydrogen) atoms. The van der Waals surface area contributed by atoms with Crippen LogP contribution in [-0.2, 0) is 20.8 Å². The number of rotatable bonds is 6. The van der Waals surface area contributed by atoms with Crippen molar-refractivity contribution >= 4 is 23.2 Å².